The monoisotopic (exact) mass is 256 g/mol. The fourth-order valence-electron chi connectivity index (χ4n) is 1.45. The summed E-state index contributed by atoms with van der Waals surface area (Å²) in [5, 5.41) is 5.08. The van der Waals surface area contributed by atoms with Gasteiger partial charge >= 0.3 is 0 Å². The number of aromatic nitrogens is 1. The zero-order valence-electron chi connectivity index (χ0n) is 10.7. The minimum Gasteiger partial charge on any atom is -0.375 e. The Kier molecular flexibility index (Phi) is 4.89. The second-order valence-corrected chi connectivity index (χ2v) is 5.55. The van der Waals surface area contributed by atoms with Gasteiger partial charge < -0.3 is 16.0 Å². The van der Waals surface area contributed by atoms with Gasteiger partial charge in [0.25, 0.3) is 5.91 Å². The van der Waals surface area contributed by atoms with Crippen LogP contribution in [0.3, 0.4) is 0 Å². The van der Waals surface area contributed by atoms with E-state index < -0.39 is 0 Å². The first kappa shape index (κ1) is 13.9. The molecule has 1 rings (SSSR count). The summed E-state index contributed by atoms with van der Waals surface area (Å²) >= 11 is 1.28. The van der Waals surface area contributed by atoms with Crippen LogP contribution < -0.4 is 11.1 Å². The maximum atomic E-state index is 11.9. The van der Waals surface area contributed by atoms with Crippen molar-refractivity contribution >= 4 is 22.4 Å². The van der Waals surface area contributed by atoms with Crippen molar-refractivity contribution in [3.63, 3.8) is 0 Å². The van der Waals surface area contributed by atoms with Crippen molar-refractivity contribution in [2.45, 2.75) is 19.9 Å². The Hall–Kier alpha value is -1.14. The normalized spacial score (nSPS) is 13.1. The molecule has 1 aromatic heterocycles. The van der Waals surface area contributed by atoms with E-state index in [4.69, 9.17) is 5.73 Å². The van der Waals surface area contributed by atoms with Crippen LogP contribution in [0.5, 0.6) is 0 Å². The van der Waals surface area contributed by atoms with E-state index in [1.165, 1.54) is 11.3 Å². The topological polar surface area (TPSA) is 71.2 Å². The molecule has 1 amide bonds. The molecule has 0 aliphatic heterocycles. The molecule has 1 heterocycles. The van der Waals surface area contributed by atoms with Gasteiger partial charge in [-0.15, -0.1) is 11.3 Å². The van der Waals surface area contributed by atoms with Gasteiger partial charge in [0.05, 0.1) is 0 Å². The Morgan fingerprint density at radius 1 is 1.59 bits per heavy atom. The average Bonchev–Trinajstić information content (AvgIpc) is 2.63. The van der Waals surface area contributed by atoms with Gasteiger partial charge in [0.2, 0.25) is 0 Å². The van der Waals surface area contributed by atoms with Gasteiger partial charge in [-0.3, -0.25) is 4.79 Å². The van der Waals surface area contributed by atoms with E-state index in [0.29, 0.717) is 16.7 Å². The number of hydrogen-bond donors (Lipinski definition) is 2. The number of amides is 1. The molecule has 0 bridgehead atoms. The summed E-state index contributed by atoms with van der Waals surface area (Å²) in [6.45, 7) is 4.98. The molecule has 1 unspecified atom stereocenters. The number of nitrogens with two attached hydrogens (primary N) is 1. The van der Waals surface area contributed by atoms with Gasteiger partial charge in [-0.1, -0.05) is 13.8 Å². The lowest BCUT2D eigenvalue weighted by atomic mass is 10.0. The van der Waals surface area contributed by atoms with Crippen molar-refractivity contribution in [3.05, 3.63) is 11.1 Å². The van der Waals surface area contributed by atoms with E-state index >= 15 is 0 Å². The minimum absolute atomic E-state index is 0.112. The molecule has 17 heavy (non-hydrogen) atoms. The molecular weight excluding hydrogens is 236 g/mol. The van der Waals surface area contributed by atoms with E-state index in [9.17, 15) is 4.79 Å². The highest BCUT2D eigenvalue weighted by Gasteiger charge is 2.19. The number of nitrogen functional groups attached to an aromatic ring is 1. The van der Waals surface area contributed by atoms with Crippen molar-refractivity contribution in [3.8, 4) is 0 Å². The second-order valence-electron chi connectivity index (χ2n) is 4.66. The minimum atomic E-state index is -0.154. The number of rotatable bonds is 5. The molecule has 5 nitrogen and oxygen atoms in total. The Morgan fingerprint density at radius 2 is 2.24 bits per heavy atom. The fourth-order valence-corrected chi connectivity index (χ4v) is 1.99. The third-order valence-corrected chi connectivity index (χ3v) is 3.11. The SMILES string of the molecule is CC(C)C(CN(C)C)NC(=O)c1csc(N)n1. The molecule has 1 atom stereocenters. The highest BCUT2D eigenvalue weighted by Crippen LogP contribution is 2.12. The Labute approximate surface area is 106 Å². The summed E-state index contributed by atoms with van der Waals surface area (Å²) in [5.74, 6) is 0.218. The van der Waals surface area contributed by atoms with Gasteiger partial charge in [0, 0.05) is 18.0 Å². The molecule has 96 valence electrons. The van der Waals surface area contributed by atoms with Crippen molar-refractivity contribution < 1.29 is 4.79 Å². The predicted octanol–water partition coefficient (Wildman–Crippen LogP) is 1.04. The third-order valence-electron chi connectivity index (χ3n) is 2.44. The summed E-state index contributed by atoms with van der Waals surface area (Å²) in [7, 11) is 3.98. The van der Waals surface area contributed by atoms with Crippen LogP contribution in [0.2, 0.25) is 0 Å². The highest BCUT2D eigenvalue weighted by atomic mass is 32.1. The lowest BCUT2D eigenvalue weighted by Crippen LogP contribution is -2.45. The van der Waals surface area contributed by atoms with E-state index in [0.717, 1.165) is 6.54 Å². The maximum absolute atomic E-state index is 11.9. The predicted molar refractivity (Wildman–Crippen MR) is 71.2 cm³/mol. The molecule has 6 heteroatoms. The Balaban J connectivity index is 2.64. The smallest absolute Gasteiger partial charge is 0.271 e. The molecule has 0 aliphatic carbocycles. The first-order valence-electron chi connectivity index (χ1n) is 5.56. The summed E-state index contributed by atoms with van der Waals surface area (Å²) in [6, 6.07) is 0.112. The first-order valence-corrected chi connectivity index (χ1v) is 6.44. The van der Waals surface area contributed by atoms with Gasteiger partial charge in [0.15, 0.2) is 5.13 Å². The first-order chi connectivity index (χ1) is 7.90. The number of carbonyl (C=O) groups excluding carboxylic acids is 1. The van der Waals surface area contributed by atoms with Gasteiger partial charge in [0.1, 0.15) is 5.69 Å². The van der Waals surface area contributed by atoms with Crippen LogP contribution in [-0.4, -0.2) is 42.5 Å². The van der Waals surface area contributed by atoms with Gasteiger partial charge in [-0.25, -0.2) is 4.98 Å². The van der Waals surface area contributed by atoms with Crippen LogP contribution in [0.25, 0.3) is 0 Å². The quantitative estimate of drug-likeness (QED) is 0.826. The lowest BCUT2D eigenvalue weighted by molar-refractivity contribution is 0.0912. The zero-order chi connectivity index (χ0) is 13.0. The van der Waals surface area contributed by atoms with Gasteiger partial charge in [-0.2, -0.15) is 0 Å². The molecule has 0 radical (unpaired) electrons. The summed E-state index contributed by atoms with van der Waals surface area (Å²) in [4.78, 5) is 17.9. The lowest BCUT2D eigenvalue weighted by Gasteiger charge is -2.25. The van der Waals surface area contributed by atoms with Crippen molar-refractivity contribution in [2.75, 3.05) is 26.4 Å². The van der Waals surface area contributed by atoms with Crippen LogP contribution in [0, 0.1) is 5.92 Å². The maximum Gasteiger partial charge on any atom is 0.271 e. The number of carbonyl (C=O) groups is 1. The Morgan fingerprint density at radius 3 is 2.65 bits per heavy atom. The number of likely N-dealkylation sites (N-methyl/N-ethyl adjacent to an activating group) is 1. The summed E-state index contributed by atoms with van der Waals surface area (Å²) in [6.07, 6.45) is 0. The summed E-state index contributed by atoms with van der Waals surface area (Å²) < 4.78 is 0. The van der Waals surface area contributed by atoms with E-state index in [2.05, 4.69) is 29.0 Å². The molecule has 0 aromatic carbocycles. The Bertz CT molecular complexity index is 375. The largest absolute Gasteiger partial charge is 0.375 e. The number of nitrogens with one attached hydrogen (secondary N) is 1. The highest BCUT2D eigenvalue weighted by molar-refractivity contribution is 7.13. The van der Waals surface area contributed by atoms with Crippen molar-refractivity contribution in [2.24, 2.45) is 5.92 Å². The van der Waals surface area contributed by atoms with Crippen LogP contribution in [0.4, 0.5) is 5.13 Å². The zero-order valence-corrected chi connectivity index (χ0v) is 11.5. The van der Waals surface area contributed by atoms with E-state index in [-0.39, 0.29) is 11.9 Å². The van der Waals surface area contributed by atoms with Gasteiger partial charge in [-0.05, 0) is 20.0 Å². The van der Waals surface area contributed by atoms with Crippen LogP contribution in [0.15, 0.2) is 5.38 Å². The molecule has 1 aromatic rings. The second kappa shape index (κ2) is 5.97. The van der Waals surface area contributed by atoms with Crippen LogP contribution >= 0.6 is 11.3 Å². The van der Waals surface area contributed by atoms with E-state index in [1.54, 1.807) is 5.38 Å². The molecule has 0 spiro atoms. The van der Waals surface area contributed by atoms with E-state index in [1.807, 2.05) is 14.1 Å². The van der Waals surface area contributed by atoms with Crippen LogP contribution in [-0.2, 0) is 0 Å². The number of nitrogens with zero attached hydrogens (tertiary/aromatic N) is 2. The molecule has 3 N–H and O–H groups in total. The van der Waals surface area contributed by atoms with Crippen molar-refractivity contribution in [1.29, 1.82) is 0 Å². The molecule has 0 saturated heterocycles. The fraction of sp³-hybridized carbons (Fsp3) is 0.636. The number of anilines is 1. The average molecular weight is 256 g/mol. The van der Waals surface area contributed by atoms with Crippen molar-refractivity contribution in [1.82, 2.24) is 15.2 Å². The molecule has 0 aliphatic rings. The molecule has 0 fully saturated rings. The number of hydrogen-bond acceptors (Lipinski definition) is 5. The van der Waals surface area contributed by atoms with Crippen LogP contribution in [0.1, 0.15) is 24.3 Å². The molecule has 0 saturated carbocycles. The third kappa shape index (κ3) is 4.32. The molecular formula is C11H20N4OS. The summed E-state index contributed by atoms with van der Waals surface area (Å²) in [5.41, 5.74) is 5.91. The standard InChI is InChI=1S/C11H20N4OS/c1-7(2)8(5-15(3)4)13-10(16)9-6-17-11(12)14-9/h6-8H,5H2,1-4H3,(H2,12,14)(H,13,16). The number of thiazole rings is 1.